The van der Waals surface area contributed by atoms with Crippen LogP contribution in [0.4, 0.5) is 0 Å². The van der Waals surface area contributed by atoms with Crippen molar-refractivity contribution in [2.24, 2.45) is 5.92 Å². The number of ether oxygens (including phenoxy) is 1. The van der Waals surface area contributed by atoms with Gasteiger partial charge < -0.3 is 4.74 Å². The lowest BCUT2D eigenvalue weighted by Gasteiger charge is -2.22. The molecule has 0 spiro atoms. The van der Waals surface area contributed by atoms with Gasteiger partial charge in [-0.2, -0.15) is 0 Å². The van der Waals surface area contributed by atoms with Crippen LogP contribution in [0.25, 0.3) is 6.08 Å². The Labute approximate surface area is 116 Å². The molecule has 0 radical (unpaired) electrons. The van der Waals surface area contributed by atoms with Crippen molar-refractivity contribution in [3.8, 4) is 5.75 Å². The molecule has 0 unspecified atom stereocenters. The highest BCUT2D eigenvalue weighted by Gasteiger charge is 2.14. The van der Waals surface area contributed by atoms with Gasteiger partial charge in [-0.25, -0.2) is 0 Å². The molecule has 1 nitrogen and oxygen atoms in total. The molecule has 102 valence electrons. The average molecular weight is 256 g/mol. The Balaban J connectivity index is 1.62. The van der Waals surface area contributed by atoms with E-state index in [2.05, 4.69) is 30.4 Å². The minimum Gasteiger partial charge on any atom is -0.493 e. The van der Waals surface area contributed by atoms with Gasteiger partial charge in [0, 0.05) is 0 Å². The van der Waals surface area contributed by atoms with E-state index in [-0.39, 0.29) is 0 Å². The Bertz CT molecular complexity index is 441. The van der Waals surface area contributed by atoms with E-state index >= 15 is 0 Å². The molecule has 2 aliphatic carbocycles. The first kappa shape index (κ1) is 12.8. The molecule has 1 aromatic carbocycles. The molecule has 19 heavy (non-hydrogen) atoms. The molecular formula is C18H24O. The molecule has 0 atom stereocenters. The van der Waals surface area contributed by atoms with Crippen molar-refractivity contribution in [2.75, 3.05) is 6.61 Å². The third kappa shape index (κ3) is 3.40. The highest BCUT2D eigenvalue weighted by atomic mass is 16.5. The summed E-state index contributed by atoms with van der Waals surface area (Å²) in [4.78, 5) is 0. The van der Waals surface area contributed by atoms with E-state index in [1.54, 1.807) is 0 Å². The lowest BCUT2D eigenvalue weighted by atomic mass is 9.90. The molecule has 1 fully saturated rings. The van der Waals surface area contributed by atoms with Gasteiger partial charge in [0.2, 0.25) is 0 Å². The van der Waals surface area contributed by atoms with Crippen molar-refractivity contribution in [3.63, 3.8) is 0 Å². The Morgan fingerprint density at radius 2 is 1.95 bits per heavy atom. The third-order valence-corrected chi connectivity index (χ3v) is 4.44. The normalized spacial score (nSPS) is 19.8. The number of hydrogen-bond donors (Lipinski definition) is 0. The number of rotatable bonds is 3. The van der Waals surface area contributed by atoms with E-state index in [4.69, 9.17) is 4.74 Å². The predicted molar refractivity (Wildman–Crippen MR) is 80.5 cm³/mol. The van der Waals surface area contributed by atoms with E-state index in [1.165, 1.54) is 62.5 Å². The number of allylic oxidation sites excluding steroid dienone is 1. The standard InChI is InChI=1S/C18H24O/c1-3-7-15(8-4-1)14-19-18-12-11-16-9-5-2-6-10-17(16)13-18/h5,9,11-13,15H,1-4,6-8,10,14H2. The number of benzene rings is 1. The fourth-order valence-corrected chi connectivity index (χ4v) is 3.24. The summed E-state index contributed by atoms with van der Waals surface area (Å²) >= 11 is 0. The second-order valence-electron chi connectivity index (χ2n) is 5.97. The van der Waals surface area contributed by atoms with Gasteiger partial charge >= 0.3 is 0 Å². The molecule has 1 saturated carbocycles. The van der Waals surface area contributed by atoms with Gasteiger partial charge in [-0.05, 0) is 61.3 Å². The summed E-state index contributed by atoms with van der Waals surface area (Å²) in [6.07, 6.45) is 15.1. The maximum atomic E-state index is 6.03. The van der Waals surface area contributed by atoms with E-state index < -0.39 is 0 Å². The van der Waals surface area contributed by atoms with Crippen LogP contribution >= 0.6 is 0 Å². The molecule has 0 bridgehead atoms. The monoisotopic (exact) mass is 256 g/mol. The van der Waals surface area contributed by atoms with Crippen LogP contribution in [-0.4, -0.2) is 6.61 Å². The van der Waals surface area contributed by atoms with Gasteiger partial charge in [-0.1, -0.05) is 37.5 Å². The van der Waals surface area contributed by atoms with Crippen LogP contribution in [-0.2, 0) is 6.42 Å². The fraction of sp³-hybridized carbons (Fsp3) is 0.556. The van der Waals surface area contributed by atoms with Crippen molar-refractivity contribution in [2.45, 2.75) is 51.4 Å². The van der Waals surface area contributed by atoms with Gasteiger partial charge in [0.15, 0.2) is 0 Å². The smallest absolute Gasteiger partial charge is 0.119 e. The Morgan fingerprint density at radius 1 is 1.05 bits per heavy atom. The summed E-state index contributed by atoms with van der Waals surface area (Å²) in [7, 11) is 0. The molecular weight excluding hydrogens is 232 g/mol. The summed E-state index contributed by atoms with van der Waals surface area (Å²) < 4.78 is 6.03. The van der Waals surface area contributed by atoms with E-state index in [9.17, 15) is 0 Å². The number of fused-ring (bicyclic) bond motifs is 1. The Hall–Kier alpha value is -1.24. The van der Waals surface area contributed by atoms with Crippen LogP contribution in [0.1, 0.15) is 56.1 Å². The van der Waals surface area contributed by atoms with Gasteiger partial charge in [0.25, 0.3) is 0 Å². The molecule has 1 aromatic rings. The summed E-state index contributed by atoms with van der Waals surface area (Å²) in [5.41, 5.74) is 2.83. The van der Waals surface area contributed by atoms with Crippen LogP contribution < -0.4 is 4.74 Å². The molecule has 1 heteroatoms. The van der Waals surface area contributed by atoms with Crippen molar-refractivity contribution in [1.29, 1.82) is 0 Å². The van der Waals surface area contributed by atoms with Crippen molar-refractivity contribution >= 4 is 6.08 Å². The second-order valence-corrected chi connectivity index (χ2v) is 5.97. The number of hydrogen-bond acceptors (Lipinski definition) is 1. The maximum absolute atomic E-state index is 6.03. The Morgan fingerprint density at radius 3 is 2.84 bits per heavy atom. The van der Waals surface area contributed by atoms with Crippen LogP contribution in [0.15, 0.2) is 24.3 Å². The minimum atomic E-state index is 0.785. The lowest BCUT2D eigenvalue weighted by molar-refractivity contribution is 0.208. The van der Waals surface area contributed by atoms with Crippen LogP contribution in [0.5, 0.6) is 5.75 Å². The fourth-order valence-electron chi connectivity index (χ4n) is 3.24. The summed E-state index contributed by atoms with van der Waals surface area (Å²) in [5, 5.41) is 0. The molecule has 2 aliphatic rings. The molecule has 3 rings (SSSR count). The van der Waals surface area contributed by atoms with E-state index in [1.807, 2.05) is 0 Å². The summed E-state index contributed by atoms with van der Waals surface area (Å²) in [5.74, 6) is 1.85. The zero-order chi connectivity index (χ0) is 12.9. The lowest BCUT2D eigenvalue weighted by Crippen LogP contribution is -2.15. The molecule has 0 amide bonds. The molecule has 0 aliphatic heterocycles. The zero-order valence-electron chi connectivity index (χ0n) is 11.7. The first-order valence-electron chi connectivity index (χ1n) is 7.84. The topological polar surface area (TPSA) is 9.23 Å². The molecule has 0 N–H and O–H groups in total. The van der Waals surface area contributed by atoms with Gasteiger partial charge in [-0.3, -0.25) is 0 Å². The zero-order valence-corrected chi connectivity index (χ0v) is 11.7. The van der Waals surface area contributed by atoms with Gasteiger partial charge in [0.1, 0.15) is 5.75 Å². The summed E-state index contributed by atoms with van der Waals surface area (Å²) in [6.45, 7) is 0.911. The molecule has 0 heterocycles. The minimum absolute atomic E-state index is 0.785. The Kier molecular flexibility index (Phi) is 4.22. The number of aryl methyl sites for hydroxylation is 1. The summed E-state index contributed by atoms with van der Waals surface area (Å²) in [6, 6.07) is 6.61. The predicted octanol–water partition coefficient (Wildman–Crippen LogP) is 5.00. The van der Waals surface area contributed by atoms with Crippen molar-refractivity contribution < 1.29 is 4.74 Å². The highest BCUT2D eigenvalue weighted by molar-refractivity contribution is 5.56. The third-order valence-electron chi connectivity index (χ3n) is 4.44. The van der Waals surface area contributed by atoms with E-state index in [0.29, 0.717) is 0 Å². The second kappa shape index (κ2) is 6.27. The quantitative estimate of drug-likeness (QED) is 0.740. The average Bonchev–Trinajstić information content (AvgIpc) is 2.71. The van der Waals surface area contributed by atoms with Crippen LogP contribution in [0.3, 0.4) is 0 Å². The van der Waals surface area contributed by atoms with Crippen molar-refractivity contribution in [1.82, 2.24) is 0 Å². The van der Waals surface area contributed by atoms with Crippen molar-refractivity contribution in [3.05, 3.63) is 35.4 Å². The van der Waals surface area contributed by atoms with E-state index in [0.717, 1.165) is 18.3 Å². The first-order chi connectivity index (χ1) is 9.42. The SMILES string of the molecule is C1=Cc2ccc(OCC3CCCCC3)cc2CCC1. The van der Waals surface area contributed by atoms with Crippen LogP contribution in [0.2, 0.25) is 0 Å². The first-order valence-corrected chi connectivity index (χ1v) is 7.84. The highest BCUT2D eigenvalue weighted by Crippen LogP contribution is 2.27. The van der Waals surface area contributed by atoms with Crippen LogP contribution in [0, 0.1) is 5.92 Å². The van der Waals surface area contributed by atoms with Gasteiger partial charge in [-0.15, -0.1) is 0 Å². The largest absolute Gasteiger partial charge is 0.493 e. The molecule has 0 saturated heterocycles. The maximum Gasteiger partial charge on any atom is 0.119 e. The molecule has 0 aromatic heterocycles. The van der Waals surface area contributed by atoms with Gasteiger partial charge in [0.05, 0.1) is 6.61 Å².